The van der Waals surface area contributed by atoms with E-state index >= 15 is 0 Å². The normalized spacial score (nSPS) is 10.8. The molecule has 1 aromatic carbocycles. The Bertz CT molecular complexity index is 512. The molecule has 84 valence electrons. The first-order chi connectivity index (χ1) is 7.63. The number of nitrogens with two attached hydrogens (primary N) is 1. The van der Waals surface area contributed by atoms with Crippen LogP contribution in [-0.4, -0.2) is 9.78 Å². The van der Waals surface area contributed by atoms with Crippen molar-refractivity contribution < 1.29 is 0 Å². The molecule has 16 heavy (non-hydrogen) atoms. The highest BCUT2D eigenvalue weighted by Crippen LogP contribution is 2.27. The van der Waals surface area contributed by atoms with Crippen LogP contribution < -0.4 is 5.73 Å². The van der Waals surface area contributed by atoms with Gasteiger partial charge in [-0.2, -0.15) is 5.10 Å². The third kappa shape index (κ3) is 1.74. The predicted octanol–water partition coefficient (Wildman–Crippen LogP) is 2.16. The fourth-order valence-electron chi connectivity index (χ4n) is 2.12. The van der Waals surface area contributed by atoms with E-state index in [4.69, 9.17) is 5.73 Å². The third-order valence-electron chi connectivity index (χ3n) is 2.84. The van der Waals surface area contributed by atoms with Gasteiger partial charge < -0.3 is 5.73 Å². The van der Waals surface area contributed by atoms with Crippen molar-refractivity contribution in [2.24, 2.45) is 12.8 Å². The molecule has 1 aromatic heterocycles. The maximum atomic E-state index is 5.78. The van der Waals surface area contributed by atoms with Crippen molar-refractivity contribution in [3.63, 3.8) is 0 Å². The molecule has 0 saturated carbocycles. The van der Waals surface area contributed by atoms with E-state index in [9.17, 15) is 0 Å². The van der Waals surface area contributed by atoms with E-state index in [-0.39, 0.29) is 0 Å². The second kappa shape index (κ2) is 4.10. The van der Waals surface area contributed by atoms with Crippen molar-refractivity contribution in [1.29, 1.82) is 0 Å². The number of aromatic nitrogens is 2. The molecule has 0 aliphatic rings. The highest BCUT2D eigenvalue weighted by atomic mass is 15.3. The minimum atomic E-state index is 0.514. The average molecular weight is 215 g/mol. The lowest BCUT2D eigenvalue weighted by Crippen LogP contribution is -2.05. The van der Waals surface area contributed by atoms with Crippen LogP contribution in [0.3, 0.4) is 0 Å². The van der Waals surface area contributed by atoms with Gasteiger partial charge in [-0.15, -0.1) is 0 Å². The minimum absolute atomic E-state index is 0.514. The number of aryl methyl sites for hydroxylation is 3. The minimum Gasteiger partial charge on any atom is -0.325 e. The fraction of sp³-hybridized carbons (Fsp3) is 0.308. The molecule has 2 N–H and O–H groups in total. The van der Waals surface area contributed by atoms with Crippen molar-refractivity contribution in [2.75, 3.05) is 0 Å². The topological polar surface area (TPSA) is 43.8 Å². The number of rotatable bonds is 2. The van der Waals surface area contributed by atoms with E-state index in [1.54, 1.807) is 0 Å². The Kier molecular flexibility index (Phi) is 2.79. The zero-order valence-electron chi connectivity index (χ0n) is 9.99. The largest absolute Gasteiger partial charge is 0.325 e. The molecule has 0 spiro atoms. The molecule has 3 heteroatoms. The van der Waals surface area contributed by atoms with E-state index < -0.39 is 0 Å². The van der Waals surface area contributed by atoms with Crippen molar-refractivity contribution in [1.82, 2.24) is 9.78 Å². The lowest BCUT2D eigenvalue weighted by Gasteiger charge is -2.05. The molecule has 2 rings (SSSR count). The Balaban J connectivity index is 2.63. The van der Waals surface area contributed by atoms with Crippen molar-refractivity contribution >= 4 is 0 Å². The van der Waals surface area contributed by atoms with Crippen molar-refractivity contribution in [2.45, 2.75) is 20.4 Å². The van der Waals surface area contributed by atoms with Crippen LogP contribution in [0, 0.1) is 13.8 Å². The summed E-state index contributed by atoms with van der Waals surface area (Å²) in [7, 11) is 1.94. The summed E-state index contributed by atoms with van der Waals surface area (Å²) < 4.78 is 1.87. The molecule has 0 fully saturated rings. The van der Waals surface area contributed by atoms with Crippen LogP contribution in [0.25, 0.3) is 11.1 Å². The van der Waals surface area contributed by atoms with Crippen molar-refractivity contribution in [3.05, 3.63) is 41.2 Å². The van der Waals surface area contributed by atoms with Crippen LogP contribution in [0.1, 0.15) is 17.0 Å². The number of hydrogen-bond donors (Lipinski definition) is 1. The smallest absolute Gasteiger partial charge is 0.0675 e. The van der Waals surface area contributed by atoms with E-state index in [0.717, 1.165) is 11.4 Å². The van der Waals surface area contributed by atoms with Crippen LogP contribution in [-0.2, 0) is 13.6 Å². The molecule has 3 nitrogen and oxygen atoms in total. The number of nitrogens with zero attached hydrogens (tertiary/aromatic N) is 2. The molecule has 0 atom stereocenters. The second-order valence-electron chi connectivity index (χ2n) is 4.10. The summed E-state index contributed by atoms with van der Waals surface area (Å²) in [6.45, 7) is 4.63. The lowest BCUT2D eigenvalue weighted by atomic mass is 10.0. The summed E-state index contributed by atoms with van der Waals surface area (Å²) in [5.41, 5.74) is 11.5. The summed E-state index contributed by atoms with van der Waals surface area (Å²) in [5.74, 6) is 0. The zero-order chi connectivity index (χ0) is 11.7. The zero-order valence-corrected chi connectivity index (χ0v) is 9.99. The van der Waals surface area contributed by atoms with Gasteiger partial charge in [-0.25, -0.2) is 0 Å². The van der Waals surface area contributed by atoms with Crippen molar-refractivity contribution in [3.8, 4) is 11.1 Å². The maximum absolute atomic E-state index is 5.78. The summed E-state index contributed by atoms with van der Waals surface area (Å²) in [6.07, 6.45) is 0. The molecule has 0 saturated heterocycles. The summed E-state index contributed by atoms with van der Waals surface area (Å²) in [4.78, 5) is 0. The molecule has 0 amide bonds. The predicted molar refractivity (Wildman–Crippen MR) is 66.0 cm³/mol. The summed E-state index contributed by atoms with van der Waals surface area (Å²) >= 11 is 0. The Morgan fingerprint density at radius 3 is 2.69 bits per heavy atom. The first-order valence-electron chi connectivity index (χ1n) is 5.43. The van der Waals surface area contributed by atoms with Gasteiger partial charge in [-0.3, -0.25) is 4.68 Å². The quantitative estimate of drug-likeness (QED) is 0.834. The highest BCUT2D eigenvalue weighted by molar-refractivity contribution is 5.69. The van der Waals surface area contributed by atoms with Crippen LogP contribution in [0.5, 0.6) is 0 Å². The van der Waals surface area contributed by atoms with Gasteiger partial charge in [0.25, 0.3) is 0 Å². The standard InChI is InChI=1S/C13H17N3/c1-9-5-4-6-11(7-9)13-10(2)15-16(3)12(13)8-14/h4-7H,8,14H2,1-3H3. The van der Waals surface area contributed by atoms with Gasteiger partial charge in [0.2, 0.25) is 0 Å². The van der Waals surface area contributed by atoms with E-state index in [2.05, 4.69) is 36.3 Å². The number of benzene rings is 1. The van der Waals surface area contributed by atoms with E-state index in [0.29, 0.717) is 6.54 Å². The molecule has 1 heterocycles. The molecule has 0 aliphatic carbocycles. The lowest BCUT2D eigenvalue weighted by molar-refractivity contribution is 0.706. The number of hydrogen-bond acceptors (Lipinski definition) is 2. The third-order valence-corrected chi connectivity index (χ3v) is 2.84. The molecular weight excluding hydrogens is 198 g/mol. The Labute approximate surface area is 95.9 Å². The first kappa shape index (κ1) is 10.9. The SMILES string of the molecule is Cc1cccc(-c2c(C)nn(C)c2CN)c1. The Morgan fingerprint density at radius 1 is 1.31 bits per heavy atom. The Morgan fingerprint density at radius 2 is 2.06 bits per heavy atom. The van der Waals surface area contributed by atoms with E-state index in [1.165, 1.54) is 16.7 Å². The molecule has 0 aliphatic heterocycles. The molecule has 0 bridgehead atoms. The Hall–Kier alpha value is -1.61. The van der Waals surface area contributed by atoms with Crippen LogP contribution in [0.15, 0.2) is 24.3 Å². The monoisotopic (exact) mass is 215 g/mol. The van der Waals surface area contributed by atoms with E-state index in [1.807, 2.05) is 18.7 Å². The van der Waals surface area contributed by atoms with Crippen LogP contribution >= 0.6 is 0 Å². The van der Waals surface area contributed by atoms with Gasteiger partial charge in [-0.05, 0) is 19.4 Å². The van der Waals surface area contributed by atoms with Gasteiger partial charge in [0, 0.05) is 19.2 Å². The van der Waals surface area contributed by atoms with Gasteiger partial charge >= 0.3 is 0 Å². The summed E-state index contributed by atoms with van der Waals surface area (Å²) in [5, 5.41) is 4.42. The van der Waals surface area contributed by atoms with Crippen LogP contribution in [0.4, 0.5) is 0 Å². The highest BCUT2D eigenvalue weighted by Gasteiger charge is 2.13. The maximum Gasteiger partial charge on any atom is 0.0675 e. The van der Waals surface area contributed by atoms with Gasteiger partial charge in [0.15, 0.2) is 0 Å². The van der Waals surface area contributed by atoms with Crippen LogP contribution in [0.2, 0.25) is 0 Å². The van der Waals surface area contributed by atoms with Gasteiger partial charge in [0.05, 0.1) is 11.4 Å². The molecular formula is C13H17N3. The molecule has 2 aromatic rings. The first-order valence-corrected chi connectivity index (χ1v) is 5.43. The molecule has 0 radical (unpaired) electrons. The average Bonchev–Trinajstić information content (AvgIpc) is 2.52. The van der Waals surface area contributed by atoms with Gasteiger partial charge in [-0.1, -0.05) is 29.8 Å². The summed E-state index contributed by atoms with van der Waals surface area (Å²) in [6, 6.07) is 8.44. The van der Waals surface area contributed by atoms with Gasteiger partial charge in [0.1, 0.15) is 0 Å². The fourth-order valence-corrected chi connectivity index (χ4v) is 2.12. The second-order valence-corrected chi connectivity index (χ2v) is 4.10. The molecule has 0 unspecified atom stereocenters.